The van der Waals surface area contributed by atoms with Crippen molar-refractivity contribution in [2.75, 3.05) is 13.2 Å². The third-order valence-electron chi connectivity index (χ3n) is 2.35. The Morgan fingerprint density at radius 3 is 2.83 bits per heavy atom. The summed E-state index contributed by atoms with van der Waals surface area (Å²) in [6.07, 6.45) is -2.98. The predicted molar refractivity (Wildman–Crippen MR) is 35.8 cm³/mol. The molecule has 2 aliphatic heterocycles. The van der Waals surface area contributed by atoms with Gasteiger partial charge in [-0.15, -0.1) is 0 Å². The zero-order valence-corrected chi connectivity index (χ0v) is 6.30. The molecule has 0 aromatic rings. The number of fused-ring (bicyclic) bond motifs is 2. The van der Waals surface area contributed by atoms with Gasteiger partial charge in [-0.2, -0.15) is 5.48 Å². The second-order valence-electron chi connectivity index (χ2n) is 3.08. The van der Waals surface area contributed by atoms with Crippen LogP contribution in [0.2, 0.25) is 0 Å². The van der Waals surface area contributed by atoms with Crippen LogP contribution >= 0.6 is 0 Å². The molecule has 6 heteroatoms. The molecule has 0 saturated carbocycles. The van der Waals surface area contributed by atoms with E-state index < -0.39 is 24.1 Å². The molecule has 2 rings (SSSR count). The fourth-order valence-corrected chi connectivity index (χ4v) is 1.55. The van der Waals surface area contributed by atoms with Crippen LogP contribution in [0.4, 0.5) is 0 Å². The molecule has 2 aliphatic rings. The first-order valence-corrected chi connectivity index (χ1v) is 3.73. The summed E-state index contributed by atoms with van der Waals surface area (Å²) in [5, 5.41) is 27.7. The molecule has 70 valence electrons. The lowest BCUT2D eigenvalue weighted by Crippen LogP contribution is -2.58. The average Bonchev–Trinajstić information content (AvgIpc) is 2.23. The van der Waals surface area contributed by atoms with Crippen molar-refractivity contribution >= 4 is 0 Å². The lowest BCUT2D eigenvalue weighted by molar-refractivity contribution is -0.163. The van der Waals surface area contributed by atoms with Crippen molar-refractivity contribution in [2.45, 2.75) is 24.1 Å². The molecule has 2 saturated heterocycles. The largest absolute Gasteiger partial charge is 0.393 e. The Balaban J connectivity index is 2.24. The minimum absolute atomic E-state index is 0.165. The van der Waals surface area contributed by atoms with Crippen LogP contribution in [0.5, 0.6) is 0 Å². The Bertz CT molecular complexity index is 189. The van der Waals surface area contributed by atoms with Crippen LogP contribution < -0.4 is 5.48 Å². The number of ether oxygens (including phenoxy) is 1. The van der Waals surface area contributed by atoms with Gasteiger partial charge in [0, 0.05) is 0 Å². The summed E-state index contributed by atoms with van der Waals surface area (Å²) >= 11 is 0. The van der Waals surface area contributed by atoms with Crippen molar-refractivity contribution in [3.05, 3.63) is 0 Å². The van der Waals surface area contributed by atoms with E-state index in [1.54, 1.807) is 0 Å². The van der Waals surface area contributed by atoms with E-state index in [1.165, 1.54) is 0 Å². The Kier molecular flexibility index (Phi) is 1.83. The molecule has 2 fully saturated rings. The predicted octanol–water partition coefficient (Wildman–Crippen LogP) is -2.67. The molecule has 0 aliphatic carbocycles. The molecule has 0 spiro atoms. The highest BCUT2D eigenvalue weighted by atomic mass is 16.7. The normalized spacial score (nSPS) is 52.8. The fraction of sp³-hybridized carbons (Fsp3) is 1.00. The second kappa shape index (κ2) is 2.63. The fourth-order valence-electron chi connectivity index (χ4n) is 1.55. The summed E-state index contributed by atoms with van der Waals surface area (Å²) in [5.41, 5.74) is 1.39. The first-order valence-electron chi connectivity index (χ1n) is 3.73. The van der Waals surface area contributed by atoms with Crippen molar-refractivity contribution in [1.29, 1.82) is 0 Å². The van der Waals surface area contributed by atoms with Gasteiger partial charge in [-0.3, -0.25) is 4.84 Å². The van der Waals surface area contributed by atoms with Crippen LogP contribution in [0, 0.1) is 0 Å². The van der Waals surface area contributed by atoms with Crippen molar-refractivity contribution in [2.24, 2.45) is 0 Å². The summed E-state index contributed by atoms with van der Waals surface area (Å²) in [6.45, 7) is -0.184. The first kappa shape index (κ1) is 8.36. The lowest BCUT2D eigenvalue weighted by atomic mass is 9.95. The zero-order chi connectivity index (χ0) is 8.77. The molecule has 0 aromatic carbocycles. The summed E-state index contributed by atoms with van der Waals surface area (Å²) in [7, 11) is 0. The highest BCUT2D eigenvalue weighted by molar-refractivity contribution is 5.02. The van der Waals surface area contributed by atoms with E-state index in [0.717, 1.165) is 0 Å². The second-order valence-corrected chi connectivity index (χ2v) is 3.08. The van der Waals surface area contributed by atoms with E-state index in [4.69, 9.17) is 14.7 Å². The molecule has 0 aromatic heterocycles. The molecule has 4 N–H and O–H groups in total. The maximum atomic E-state index is 9.52. The van der Waals surface area contributed by atoms with Gasteiger partial charge in [0.05, 0.1) is 13.2 Å². The molecule has 0 amide bonds. The van der Waals surface area contributed by atoms with Crippen LogP contribution in [0.1, 0.15) is 0 Å². The van der Waals surface area contributed by atoms with Crippen molar-refractivity contribution in [3.63, 3.8) is 0 Å². The maximum absolute atomic E-state index is 9.52. The molecule has 0 radical (unpaired) electrons. The molecule has 12 heavy (non-hydrogen) atoms. The summed E-state index contributed by atoms with van der Waals surface area (Å²) in [4.78, 5) is 4.83. The lowest BCUT2D eigenvalue weighted by Gasteiger charge is -2.33. The van der Waals surface area contributed by atoms with Gasteiger partial charge in [-0.25, -0.2) is 0 Å². The smallest absolute Gasteiger partial charge is 0.186 e. The van der Waals surface area contributed by atoms with E-state index in [0.29, 0.717) is 0 Å². The molecular weight excluding hydrogens is 166 g/mol. The number of hydrogen-bond donors (Lipinski definition) is 4. The number of hydrogen-bond acceptors (Lipinski definition) is 6. The quantitative estimate of drug-likeness (QED) is 0.349. The first-order chi connectivity index (χ1) is 5.69. The van der Waals surface area contributed by atoms with E-state index in [9.17, 15) is 10.2 Å². The average molecular weight is 177 g/mol. The molecule has 4 atom stereocenters. The Hall–Kier alpha value is -0.240. The number of hydroxylamine groups is 1. The van der Waals surface area contributed by atoms with Crippen LogP contribution in [0.25, 0.3) is 0 Å². The molecule has 2 unspecified atom stereocenters. The van der Waals surface area contributed by atoms with Gasteiger partial charge in [-0.1, -0.05) is 0 Å². The van der Waals surface area contributed by atoms with Crippen LogP contribution in [-0.4, -0.2) is 52.6 Å². The highest BCUT2D eigenvalue weighted by Gasteiger charge is 2.57. The topological polar surface area (TPSA) is 91.2 Å². The van der Waals surface area contributed by atoms with Crippen molar-refractivity contribution < 1.29 is 24.9 Å². The minimum atomic E-state index is -1.18. The Morgan fingerprint density at radius 2 is 2.25 bits per heavy atom. The minimum Gasteiger partial charge on any atom is -0.393 e. The number of aliphatic hydroxyl groups is 3. The van der Waals surface area contributed by atoms with Gasteiger partial charge in [0.25, 0.3) is 0 Å². The zero-order valence-electron chi connectivity index (χ0n) is 6.30. The van der Waals surface area contributed by atoms with E-state index in [1.807, 2.05) is 0 Å². The standard InChI is InChI=1S/C6H11NO5/c8-2-6-1-7-12-3(4(6)9)5(10)11-6/h3-5,7-10H,1-2H2/t3?,4?,5-,6-/m1/s1. The third kappa shape index (κ3) is 0.905. The highest BCUT2D eigenvalue weighted by Crippen LogP contribution is 2.33. The van der Waals surface area contributed by atoms with Crippen LogP contribution in [0.3, 0.4) is 0 Å². The van der Waals surface area contributed by atoms with Gasteiger partial charge in [-0.05, 0) is 0 Å². The molecule has 2 bridgehead atoms. The number of nitrogens with one attached hydrogen (secondary N) is 1. The van der Waals surface area contributed by atoms with Gasteiger partial charge < -0.3 is 20.1 Å². The number of rotatable bonds is 1. The Labute approximate surface area is 68.7 Å². The van der Waals surface area contributed by atoms with E-state index in [-0.39, 0.29) is 13.2 Å². The van der Waals surface area contributed by atoms with Crippen LogP contribution in [-0.2, 0) is 9.57 Å². The maximum Gasteiger partial charge on any atom is 0.186 e. The summed E-state index contributed by atoms with van der Waals surface area (Å²) in [5.74, 6) is 0. The summed E-state index contributed by atoms with van der Waals surface area (Å²) < 4.78 is 5.00. The van der Waals surface area contributed by atoms with Gasteiger partial charge in [0.1, 0.15) is 11.7 Å². The van der Waals surface area contributed by atoms with Gasteiger partial charge in [0.2, 0.25) is 0 Å². The van der Waals surface area contributed by atoms with Gasteiger partial charge in [0.15, 0.2) is 12.4 Å². The SMILES string of the molecule is OC[C@]12CNOC(C1O)[C@H](O)O2. The molecule has 2 heterocycles. The van der Waals surface area contributed by atoms with Crippen LogP contribution in [0.15, 0.2) is 0 Å². The van der Waals surface area contributed by atoms with Gasteiger partial charge >= 0.3 is 0 Å². The number of aliphatic hydroxyl groups excluding tert-OH is 3. The van der Waals surface area contributed by atoms with Crippen molar-refractivity contribution in [1.82, 2.24) is 5.48 Å². The molecular formula is C6H11NO5. The monoisotopic (exact) mass is 177 g/mol. The summed E-state index contributed by atoms with van der Waals surface area (Å²) in [6, 6.07) is 0. The molecule has 6 nitrogen and oxygen atoms in total. The van der Waals surface area contributed by atoms with Crippen molar-refractivity contribution in [3.8, 4) is 0 Å². The van der Waals surface area contributed by atoms with E-state index >= 15 is 0 Å². The van der Waals surface area contributed by atoms with E-state index in [2.05, 4.69) is 5.48 Å². The third-order valence-corrected chi connectivity index (χ3v) is 2.35. The Morgan fingerprint density at radius 1 is 1.50 bits per heavy atom.